The van der Waals surface area contributed by atoms with Gasteiger partial charge in [0.1, 0.15) is 11.6 Å². The van der Waals surface area contributed by atoms with Gasteiger partial charge in [0.05, 0.1) is 12.7 Å². The largest absolute Gasteiger partial charge is 0.467 e. The number of nitrogens with one attached hydrogen (secondary N) is 1. The van der Waals surface area contributed by atoms with E-state index in [2.05, 4.69) is 5.32 Å². The molecule has 0 bridgehead atoms. The Balaban J connectivity index is 2.00. The summed E-state index contributed by atoms with van der Waals surface area (Å²) in [6.45, 7) is 5.30. The topological polar surface area (TPSA) is 111 Å². The number of rotatable bonds is 6. The van der Waals surface area contributed by atoms with Crippen molar-refractivity contribution in [2.75, 3.05) is 20.2 Å². The van der Waals surface area contributed by atoms with Crippen molar-refractivity contribution in [3.63, 3.8) is 0 Å². The average Bonchev–Trinajstić information content (AvgIpc) is 2.96. The number of carbonyl (C=O) groups excluding carboxylic acids is 4. The quantitative estimate of drug-likeness (QED) is 0.563. The molecule has 9 nitrogen and oxygen atoms in total. The van der Waals surface area contributed by atoms with Gasteiger partial charge >= 0.3 is 18.0 Å². The van der Waals surface area contributed by atoms with Crippen molar-refractivity contribution in [2.24, 2.45) is 0 Å². The third-order valence-corrected chi connectivity index (χ3v) is 4.13. The van der Waals surface area contributed by atoms with Crippen LogP contribution in [0.15, 0.2) is 30.3 Å². The Kier molecular flexibility index (Phi) is 7.19. The molecule has 1 N–H and O–H groups in total. The number of methoxy groups -OCH3 is 1. The maximum Gasteiger partial charge on any atom is 0.407 e. The molecule has 1 fully saturated rings. The normalized spacial score (nSPS) is 18.9. The highest BCUT2D eigenvalue weighted by molar-refractivity contribution is 5.95. The van der Waals surface area contributed by atoms with Crippen LogP contribution in [0.4, 0.5) is 4.79 Å². The van der Waals surface area contributed by atoms with Gasteiger partial charge in [-0.25, -0.2) is 14.4 Å². The van der Waals surface area contributed by atoms with Crippen LogP contribution in [0.5, 0.6) is 0 Å². The second-order valence-corrected chi connectivity index (χ2v) is 7.49. The van der Waals surface area contributed by atoms with E-state index in [1.54, 1.807) is 51.1 Å². The number of alkyl carbamates (subject to hydrolysis) is 1. The summed E-state index contributed by atoms with van der Waals surface area (Å²) in [5.41, 5.74) is -0.348. The van der Waals surface area contributed by atoms with Gasteiger partial charge in [0.15, 0.2) is 6.10 Å². The number of esters is 2. The van der Waals surface area contributed by atoms with Crippen molar-refractivity contribution >= 4 is 23.9 Å². The van der Waals surface area contributed by atoms with Crippen LogP contribution in [-0.2, 0) is 23.8 Å². The number of amides is 2. The van der Waals surface area contributed by atoms with E-state index >= 15 is 0 Å². The third-order valence-electron chi connectivity index (χ3n) is 4.13. The molecule has 0 saturated carbocycles. The lowest BCUT2D eigenvalue weighted by Gasteiger charge is -2.23. The minimum absolute atomic E-state index is 0.0173. The fourth-order valence-electron chi connectivity index (χ4n) is 2.86. The minimum atomic E-state index is -1.10. The Bertz CT molecular complexity index is 758. The first kappa shape index (κ1) is 22.2. The Morgan fingerprint density at radius 1 is 1.17 bits per heavy atom. The number of hydrogen-bond donors (Lipinski definition) is 1. The zero-order valence-corrected chi connectivity index (χ0v) is 17.0. The molecular weight excluding hydrogens is 380 g/mol. The predicted octanol–water partition coefficient (Wildman–Crippen LogP) is 1.51. The molecule has 0 radical (unpaired) electrons. The van der Waals surface area contributed by atoms with Crippen molar-refractivity contribution in [1.82, 2.24) is 10.2 Å². The van der Waals surface area contributed by atoms with E-state index in [-0.39, 0.29) is 19.5 Å². The number of hydrogen-bond acceptors (Lipinski definition) is 7. The van der Waals surface area contributed by atoms with Gasteiger partial charge in [-0.2, -0.15) is 0 Å². The lowest BCUT2D eigenvalue weighted by atomic mass is 10.2. The molecule has 2 rings (SSSR count). The summed E-state index contributed by atoms with van der Waals surface area (Å²) >= 11 is 0. The Labute approximate surface area is 169 Å². The van der Waals surface area contributed by atoms with Gasteiger partial charge in [-0.1, -0.05) is 18.2 Å². The lowest BCUT2D eigenvalue weighted by Crippen LogP contribution is -2.45. The maximum absolute atomic E-state index is 12.7. The summed E-state index contributed by atoms with van der Waals surface area (Å²) in [5, 5.41) is 2.53. The number of nitrogens with zero attached hydrogens (tertiary/aromatic N) is 1. The van der Waals surface area contributed by atoms with Crippen LogP contribution >= 0.6 is 0 Å². The predicted molar refractivity (Wildman–Crippen MR) is 102 cm³/mol. The molecule has 29 heavy (non-hydrogen) atoms. The van der Waals surface area contributed by atoms with Gasteiger partial charge in [-0.3, -0.25) is 4.79 Å². The average molecular weight is 406 g/mol. The third kappa shape index (κ3) is 6.20. The van der Waals surface area contributed by atoms with E-state index in [4.69, 9.17) is 14.2 Å². The molecule has 158 valence electrons. The first-order chi connectivity index (χ1) is 13.6. The molecule has 1 aromatic rings. The van der Waals surface area contributed by atoms with Crippen LogP contribution in [0.25, 0.3) is 0 Å². The van der Waals surface area contributed by atoms with Crippen LogP contribution < -0.4 is 5.32 Å². The van der Waals surface area contributed by atoms with E-state index in [9.17, 15) is 19.2 Å². The van der Waals surface area contributed by atoms with Crippen molar-refractivity contribution in [2.45, 2.75) is 44.9 Å². The number of carbonyl (C=O) groups is 4. The van der Waals surface area contributed by atoms with Crippen LogP contribution in [0.2, 0.25) is 0 Å². The van der Waals surface area contributed by atoms with Gasteiger partial charge < -0.3 is 24.4 Å². The molecule has 1 heterocycles. The molecule has 1 aliphatic rings. The highest BCUT2D eigenvalue weighted by Gasteiger charge is 2.45. The number of likely N-dealkylation sites (tertiary alicyclic amines) is 1. The standard InChI is InChI=1S/C20H26N2O7/c1-20(2,3)29-19(26)21-10-11-22-14(18(25)27-4)12-15(16(22)23)28-17(24)13-8-6-5-7-9-13/h5-9,14-15H,10-12H2,1-4H3,(H,21,26). The first-order valence-corrected chi connectivity index (χ1v) is 9.23. The van der Waals surface area contributed by atoms with Crippen LogP contribution in [0.3, 0.4) is 0 Å². The molecule has 1 aromatic carbocycles. The molecule has 0 spiro atoms. The second kappa shape index (κ2) is 9.40. The van der Waals surface area contributed by atoms with E-state index in [1.165, 1.54) is 12.0 Å². The molecule has 2 atom stereocenters. The van der Waals surface area contributed by atoms with Crippen LogP contribution in [-0.4, -0.2) is 66.8 Å². The Morgan fingerprint density at radius 3 is 2.41 bits per heavy atom. The molecule has 0 aromatic heterocycles. The molecular formula is C20H26N2O7. The molecule has 0 aliphatic carbocycles. The smallest absolute Gasteiger partial charge is 0.407 e. The van der Waals surface area contributed by atoms with Crippen LogP contribution in [0.1, 0.15) is 37.6 Å². The summed E-state index contributed by atoms with van der Waals surface area (Å²) in [5.74, 6) is -1.79. The molecule has 9 heteroatoms. The summed E-state index contributed by atoms with van der Waals surface area (Å²) in [6.07, 6.45) is -1.75. The lowest BCUT2D eigenvalue weighted by molar-refractivity contribution is -0.149. The SMILES string of the molecule is COC(=O)C1CC(OC(=O)c2ccccc2)C(=O)N1CCNC(=O)OC(C)(C)C. The van der Waals surface area contributed by atoms with Gasteiger partial charge in [-0.15, -0.1) is 0 Å². The van der Waals surface area contributed by atoms with Gasteiger partial charge in [-0.05, 0) is 32.9 Å². The molecule has 1 saturated heterocycles. The summed E-state index contributed by atoms with van der Waals surface area (Å²) in [6, 6.07) is 7.35. The van der Waals surface area contributed by atoms with E-state index < -0.39 is 41.7 Å². The monoisotopic (exact) mass is 406 g/mol. The number of ether oxygens (including phenoxy) is 3. The number of benzene rings is 1. The van der Waals surface area contributed by atoms with Crippen LogP contribution in [0, 0.1) is 0 Å². The highest BCUT2D eigenvalue weighted by Crippen LogP contribution is 2.23. The van der Waals surface area contributed by atoms with Crippen molar-refractivity contribution < 1.29 is 33.4 Å². The Morgan fingerprint density at radius 2 is 1.83 bits per heavy atom. The first-order valence-electron chi connectivity index (χ1n) is 9.23. The summed E-state index contributed by atoms with van der Waals surface area (Å²) < 4.78 is 15.2. The fraction of sp³-hybridized carbons (Fsp3) is 0.500. The van der Waals surface area contributed by atoms with Gasteiger partial charge in [0, 0.05) is 19.5 Å². The molecule has 1 aliphatic heterocycles. The van der Waals surface area contributed by atoms with Gasteiger partial charge in [0.25, 0.3) is 5.91 Å². The summed E-state index contributed by atoms with van der Waals surface area (Å²) in [4.78, 5) is 50.0. The van der Waals surface area contributed by atoms with E-state index in [0.717, 1.165) is 0 Å². The fourth-order valence-corrected chi connectivity index (χ4v) is 2.86. The van der Waals surface area contributed by atoms with E-state index in [1.807, 2.05) is 0 Å². The van der Waals surface area contributed by atoms with E-state index in [0.29, 0.717) is 5.56 Å². The van der Waals surface area contributed by atoms with Crippen molar-refractivity contribution in [3.05, 3.63) is 35.9 Å². The minimum Gasteiger partial charge on any atom is -0.467 e. The van der Waals surface area contributed by atoms with Gasteiger partial charge in [0.2, 0.25) is 0 Å². The van der Waals surface area contributed by atoms with Crippen molar-refractivity contribution in [3.8, 4) is 0 Å². The zero-order chi connectivity index (χ0) is 21.6. The highest BCUT2D eigenvalue weighted by atomic mass is 16.6. The summed E-state index contributed by atoms with van der Waals surface area (Å²) in [7, 11) is 1.22. The molecule has 2 amide bonds. The van der Waals surface area contributed by atoms with Crippen molar-refractivity contribution in [1.29, 1.82) is 0 Å². The Hall–Kier alpha value is -3.10. The maximum atomic E-state index is 12.7. The molecule has 2 unspecified atom stereocenters. The zero-order valence-electron chi connectivity index (χ0n) is 17.0. The second-order valence-electron chi connectivity index (χ2n) is 7.49.